The Balaban J connectivity index is 1.60. The van der Waals surface area contributed by atoms with E-state index < -0.39 is 0 Å². The molecule has 2 aliphatic heterocycles. The Morgan fingerprint density at radius 2 is 2.04 bits per heavy atom. The van der Waals surface area contributed by atoms with Gasteiger partial charge in [0.1, 0.15) is 0 Å². The minimum Gasteiger partial charge on any atom is -0.490 e. The van der Waals surface area contributed by atoms with Crippen LogP contribution in [0.1, 0.15) is 40.0 Å². The molecule has 1 atom stereocenters. The summed E-state index contributed by atoms with van der Waals surface area (Å²) < 4.78 is 11.4. The van der Waals surface area contributed by atoms with E-state index in [-0.39, 0.29) is 5.54 Å². The molecule has 2 aliphatic rings. The molecule has 1 unspecified atom stereocenters. The minimum atomic E-state index is 0.00566. The number of nitrogens with zero attached hydrogens (tertiary/aromatic N) is 2. The molecule has 3 rings (SSSR count). The van der Waals surface area contributed by atoms with Crippen LogP contribution in [0.2, 0.25) is 0 Å². The molecule has 1 fully saturated rings. The van der Waals surface area contributed by atoms with E-state index in [1.165, 1.54) is 12.8 Å². The van der Waals surface area contributed by atoms with Crippen LogP contribution in [-0.4, -0.2) is 49.2 Å². The molecule has 144 valence electrons. The lowest BCUT2D eigenvalue weighted by molar-refractivity contribution is 0.0775. The summed E-state index contributed by atoms with van der Waals surface area (Å²) in [5.41, 5.74) is 6.99. The van der Waals surface area contributed by atoms with E-state index in [2.05, 4.69) is 36.0 Å². The summed E-state index contributed by atoms with van der Waals surface area (Å²) in [4.78, 5) is 7.12. The highest BCUT2D eigenvalue weighted by Crippen LogP contribution is 2.32. The Hall–Kier alpha value is -1.95. The number of nitrogens with two attached hydrogens (primary N) is 1. The maximum Gasteiger partial charge on any atom is 0.193 e. The number of hydrogen-bond acceptors (Lipinski definition) is 4. The third-order valence-electron chi connectivity index (χ3n) is 5.17. The van der Waals surface area contributed by atoms with Crippen molar-refractivity contribution < 1.29 is 9.47 Å². The summed E-state index contributed by atoms with van der Waals surface area (Å²) in [6.45, 7) is 11.1. The molecule has 0 aromatic heterocycles. The van der Waals surface area contributed by atoms with Crippen LogP contribution in [-0.2, 0) is 0 Å². The van der Waals surface area contributed by atoms with Crippen molar-refractivity contribution in [2.75, 3.05) is 38.2 Å². The van der Waals surface area contributed by atoms with Gasteiger partial charge in [-0.05, 0) is 51.3 Å². The minimum absolute atomic E-state index is 0.00566. The summed E-state index contributed by atoms with van der Waals surface area (Å²) in [6, 6.07) is 5.77. The van der Waals surface area contributed by atoms with Gasteiger partial charge in [-0.25, -0.2) is 0 Å². The zero-order chi connectivity index (χ0) is 18.6. The smallest absolute Gasteiger partial charge is 0.193 e. The first-order chi connectivity index (χ1) is 12.4. The highest BCUT2D eigenvalue weighted by molar-refractivity contribution is 5.92. The summed E-state index contributed by atoms with van der Waals surface area (Å²) in [6.07, 6.45) is 3.48. The zero-order valence-electron chi connectivity index (χ0n) is 16.3. The Bertz CT molecular complexity index is 645. The van der Waals surface area contributed by atoms with Gasteiger partial charge in [0.05, 0.1) is 19.8 Å². The van der Waals surface area contributed by atoms with Crippen molar-refractivity contribution in [3.8, 4) is 11.5 Å². The molecule has 3 N–H and O–H groups in total. The Morgan fingerprint density at radius 3 is 2.81 bits per heavy atom. The summed E-state index contributed by atoms with van der Waals surface area (Å²) in [5.74, 6) is 2.72. The van der Waals surface area contributed by atoms with Crippen LogP contribution in [0.5, 0.6) is 11.5 Å². The van der Waals surface area contributed by atoms with Gasteiger partial charge in [-0.3, -0.25) is 9.89 Å². The number of nitrogens with one attached hydrogen (secondary N) is 1. The third kappa shape index (κ3) is 4.81. The van der Waals surface area contributed by atoms with Gasteiger partial charge >= 0.3 is 0 Å². The van der Waals surface area contributed by atoms with E-state index in [0.717, 1.165) is 42.6 Å². The summed E-state index contributed by atoms with van der Waals surface area (Å²) in [5, 5.41) is 3.17. The highest BCUT2D eigenvalue weighted by atomic mass is 16.5. The van der Waals surface area contributed by atoms with Crippen molar-refractivity contribution in [2.24, 2.45) is 16.6 Å². The van der Waals surface area contributed by atoms with Gasteiger partial charge < -0.3 is 20.5 Å². The average molecular weight is 361 g/mol. The topological polar surface area (TPSA) is 72.1 Å². The number of aliphatic imine (C=N–C) groups is 1. The lowest BCUT2D eigenvalue weighted by Gasteiger charge is -2.42. The molecule has 6 nitrogen and oxygen atoms in total. The lowest BCUT2D eigenvalue weighted by Crippen LogP contribution is -2.51. The molecule has 0 radical (unpaired) electrons. The summed E-state index contributed by atoms with van der Waals surface area (Å²) in [7, 11) is 0. The lowest BCUT2D eigenvalue weighted by atomic mass is 9.94. The zero-order valence-corrected chi connectivity index (χ0v) is 16.3. The number of piperidine rings is 1. The summed E-state index contributed by atoms with van der Waals surface area (Å²) >= 11 is 0. The second-order valence-electron chi connectivity index (χ2n) is 8.04. The van der Waals surface area contributed by atoms with Gasteiger partial charge in [-0.1, -0.05) is 6.92 Å². The number of ether oxygens (including phenoxy) is 2. The fourth-order valence-corrected chi connectivity index (χ4v) is 3.55. The first kappa shape index (κ1) is 18.8. The van der Waals surface area contributed by atoms with Crippen molar-refractivity contribution >= 4 is 11.6 Å². The first-order valence-corrected chi connectivity index (χ1v) is 9.66. The second-order valence-corrected chi connectivity index (χ2v) is 8.04. The average Bonchev–Trinajstić information content (AvgIpc) is 2.85. The molecule has 1 aromatic rings. The van der Waals surface area contributed by atoms with E-state index >= 15 is 0 Å². The number of benzene rings is 1. The van der Waals surface area contributed by atoms with Crippen molar-refractivity contribution in [3.63, 3.8) is 0 Å². The van der Waals surface area contributed by atoms with Gasteiger partial charge in [0, 0.05) is 30.3 Å². The Kier molecular flexibility index (Phi) is 5.91. The quantitative estimate of drug-likeness (QED) is 0.638. The molecule has 0 saturated carbocycles. The van der Waals surface area contributed by atoms with Gasteiger partial charge in [0.15, 0.2) is 17.5 Å². The van der Waals surface area contributed by atoms with Crippen molar-refractivity contribution in [1.29, 1.82) is 0 Å². The van der Waals surface area contributed by atoms with Crippen LogP contribution in [0.15, 0.2) is 23.2 Å². The normalized spacial score (nSPS) is 22.0. The van der Waals surface area contributed by atoms with E-state index in [1.54, 1.807) is 0 Å². The van der Waals surface area contributed by atoms with E-state index in [1.807, 2.05) is 18.2 Å². The van der Waals surface area contributed by atoms with Crippen LogP contribution in [0.4, 0.5) is 5.69 Å². The second kappa shape index (κ2) is 8.16. The fourth-order valence-electron chi connectivity index (χ4n) is 3.55. The van der Waals surface area contributed by atoms with Crippen LogP contribution in [0, 0.1) is 5.92 Å². The molecule has 2 heterocycles. The standard InChI is InChI=1S/C20H32N4O2/c1-15-6-4-9-24(13-15)20(2,3)14-22-19(21)23-16-7-8-17-18(12-16)26-11-5-10-25-17/h7-8,12,15H,4-6,9-11,13-14H2,1-3H3,(H3,21,22,23). The maximum atomic E-state index is 6.12. The molecule has 0 aliphatic carbocycles. The van der Waals surface area contributed by atoms with Crippen LogP contribution in [0.25, 0.3) is 0 Å². The predicted octanol–water partition coefficient (Wildman–Crippen LogP) is 3.09. The van der Waals surface area contributed by atoms with Crippen LogP contribution in [0.3, 0.4) is 0 Å². The molecule has 26 heavy (non-hydrogen) atoms. The Morgan fingerprint density at radius 1 is 1.27 bits per heavy atom. The van der Waals surface area contributed by atoms with E-state index in [9.17, 15) is 0 Å². The fraction of sp³-hybridized carbons (Fsp3) is 0.650. The van der Waals surface area contributed by atoms with E-state index in [4.69, 9.17) is 15.2 Å². The number of guanidine groups is 1. The van der Waals surface area contributed by atoms with Crippen molar-refractivity contribution in [2.45, 2.75) is 45.6 Å². The number of rotatable bonds is 4. The molecule has 1 aromatic carbocycles. The number of fused-ring (bicyclic) bond motifs is 1. The molecular formula is C20H32N4O2. The van der Waals surface area contributed by atoms with Crippen molar-refractivity contribution in [3.05, 3.63) is 18.2 Å². The third-order valence-corrected chi connectivity index (χ3v) is 5.17. The van der Waals surface area contributed by atoms with Crippen LogP contribution < -0.4 is 20.5 Å². The number of anilines is 1. The van der Waals surface area contributed by atoms with Gasteiger partial charge in [-0.2, -0.15) is 0 Å². The number of likely N-dealkylation sites (tertiary alicyclic amines) is 1. The molecule has 6 heteroatoms. The molecule has 0 amide bonds. The Labute approximate surface area is 156 Å². The maximum absolute atomic E-state index is 6.12. The van der Waals surface area contributed by atoms with E-state index in [0.29, 0.717) is 25.7 Å². The molecule has 0 spiro atoms. The molecule has 1 saturated heterocycles. The van der Waals surface area contributed by atoms with Crippen LogP contribution >= 0.6 is 0 Å². The van der Waals surface area contributed by atoms with Gasteiger partial charge in [-0.15, -0.1) is 0 Å². The van der Waals surface area contributed by atoms with Gasteiger partial charge in [0.2, 0.25) is 0 Å². The monoisotopic (exact) mass is 360 g/mol. The van der Waals surface area contributed by atoms with Crippen molar-refractivity contribution in [1.82, 2.24) is 4.90 Å². The number of hydrogen-bond donors (Lipinski definition) is 2. The predicted molar refractivity (Wildman–Crippen MR) is 106 cm³/mol. The highest BCUT2D eigenvalue weighted by Gasteiger charge is 2.29. The van der Waals surface area contributed by atoms with Gasteiger partial charge in [0.25, 0.3) is 0 Å². The SMILES string of the molecule is CC1CCCN(C(C)(C)CN=C(N)Nc2ccc3c(c2)OCCCO3)C1. The first-order valence-electron chi connectivity index (χ1n) is 9.66. The molecular weight excluding hydrogens is 328 g/mol. The largest absolute Gasteiger partial charge is 0.490 e. The molecule has 0 bridgehead atoms.